The summed E-state index contributed by atoms with van der Waals surface area (Å²) in [5.74, 6) is 0.248. The van der Waals surface area contributed by atoms with E-state index in [2.05, 4.69) is 15.9 Å². The zero-order valence-corrected chi connectivity index (χ0v) is 11.7. The summed E-state index contributed by atoms with van der Waals surface area (Å²) in [6.07, 6.45) is 0. The third-order valence-electron chi connectivity index (χ3n) is 2.54. The second-order valence-electron chi connectivity index (χ2n) is 4.07. The maximum atomic E-state index is 10.9. The van der Waals surface area contributed by atoms with Crippen LogP contribution >= 0.6 is 15.9 Å². The first-order valence-electron chi connectivity index (χ1n) is 5.62. The number of rotatable bonds is 4. The minimum atomic E-state index is -0.438. The van der Waals surface area contributed by atoms with E-state index in [1.807, 2.05) is 6.07 Å². The number of benzene rings is 2. The molecular weight excluding hydrogens is 308 g/mol. The number of ether oxygens (including phenoxy) is 1. The van der Waals surface area contributed by atoms with Gasteiger partial charge in [-0.05, 0) is 29.8 Å². The first-order valence-corrected chi connectivity index (χ1v) is 6.41. The Hall–Kier alpha value is -2.01. The van der Waals surface area contributed by atoms with Crippen molar-refractivity contribution in [1.29, 1.82) is 0 Å². The lowest BCUT2D eigenvalue weighted by Crippen LogP contribution is -2.10. The van der Waals surface area contributed by atoms with Crippen LogP contribution in [-0.2, 0) is 6.61 Å². The van der Waals surface area contributed by atoms with Crippen LogP contribution in [0.15, 0.2) is 46.9 Å². The van der Waals surface area contributed by atoms with E-state index in [4.69, 9.17) is 16.2 Å². The molecule has 19 heavy (non-hydrogen) atoms. The summed E-state index contributed by atoms with van der Waals surface area (Å²) >= 11 is 3.35. The molecule has 0 aromatic heterocycles. The number of nitrogen functional groups attached to an aromatic ring is 1. The van der Waals surface area contributed by atoms with Gasteiger partial charge >= 0.3 is 0 Å². The molecule has 0 spiro atoms. The van der Waals surface area contributed by atoms with Crippen LogP contribution in [0.2, 0.25) is 0 Å². The van der Waals surface area contributed by atoms with Gasteiger partial charge in [0.25, 0.3) is 0 Å². The molecule has 1 amide bonds. The molecule has 0 bridgehead atoms. The van der Waals surface area contributed by atoms with Gasteiger partial charge in [0.2, 0.25) is 5.91 Å². The largest absolute Gasteiger partial charge is 0.489 e. The Morgan fingerprint density at radius 1 is 1.16 bits per heavy atom. The maximum Gasteiger partial charge on any atom is 0.248 e. The van der Waals surface area contributed by atoms with Crippen LogP contribution in [0.3, 0.4) is 0 Å². The summed E-state index contributed by atoms with van der Waals surface area (Å²) in [7, 11) is 0. The fraction of sp³-hybridized carbons (Fsp3) is 0.0714. The average Bonchev–Trinajstić information content (AvgIpc) is 2.36. The van der Waals surface area contributed by atoms with Crippen LogP contribution in [0.4, 0.5) is 5.69 Å². The van der Waals surface area contributed by atoms with E-state index in [0.717, 1.165) is 10.0 Å². The predicted molar refractivity (Wildman–Crippen MR) is 77.8 cm³/mol. The smallest absolute Gasteiger partial charge is 0.248 e. The van der Waals surface area contributed by atoms with E-state index >= 15 is 0 Å². The van der Waals surface area contributed by atoms with Gasteiger partial charge in [-0.15, -0.1) is 0 Å². The van der Waals surface area contributed by atoms with Gasteiger partial charge in [-0.25, -0.2) is 0 Å². The van der Waals surface area contributed by atoms with Crippen molar-refractivity contribution in [1.82, 2.24) is 0 Å². The number of nitrogens with two attached hydrogens (primary N) is 2. The molecule has 4 N–H and O–H groups in total. The second kappa shape index (κ2) is 5.75. The predicted octanol–water partition coefficient (Wildman–Crippen LogP) is 2.71. The highest BCUT2D eigenvalue weighted by Gasteiger charge is 2.02. The highest BCUT2D eigenvalue weighted by molar-refractivity contribution is 9.10. The second-order valence-corrected chi connectivity index (χ2v) is 4.99. The van der Waals surface area contributed by atoms with Gasteiger partial charge in [-0.2, -0.15) is 0 Å². The summed E-state index contributed by atoms with van der Waals surface area (Å²) in [6, 6.07) is 12.4. The number of halogens is 1. The molecule has 98 valence electrons. The van der Waals surface area contributed by atoms with Crippen molar-refractivity contribution in [2.45, 2.75) is 6.61 Å². The number of anilines is 1. The van der Waals surface area contributed by atoms with Crippen LogP contribution in [0, 0.1) is 0 Å². The molecule has 2 aromatic rings. The molecular formula is C14H13BrN2O2. The molecule has 5 heteroatoms. The molecule has 2 aromatic carbocycles. The minimum absolute atomic E-state index is 0.398. The summed E-state index contributed by atoms with van der Waals surface area (Å²) in [5.41, 5.74) is 13.0. The Morgan fingerprint density at radius 3 is 2.42 bits per heavy atom. The third-order valence-corrected chi connectivity index (χ3v) is 3.00. The summed E-state index contributed by atoms with van der Waals surface area (Å²) < 4.78 is 6.50. The van der Waals surface area contributed by atoms with Gasteiger partial charge < -0.3 is 16.2 Å². The lowest BCUT2D eigenvalue weighted by Gasteiger charge is -2.08. The summed E-state index contributed by atoms with van der Waals surface area (Å²) in [6.45, 7) is 0.398. The monoisotopic (exact) mass is 320 g/mol. The topological polar surface area (TPSA) is 78.3 Å². The first kappa shape index (κ1) is 13.4. The Morgan fingerprint density at radius 2 is 1.84 bits per heavy atom. The van der Waals surface area contributed by atoms with E-state index in [0.29, 0.717) is 23.6 Å². The quantitative estimate of drug-likeness (QED) is 0.850. The van der Waals surface area contributed by atoms with E-state index in [9.17, 15) is 4.79 Å². The number of primary amides is 1. The van der Waals surface area contributed by atoms with E-state index in [-0.39, 0.29) is 0 Å². The molecule has 0 fully saturated rings. The van der Waals surface area contributed by atoms with Crippen molar-refractivity contribution >= 4 is 27.5 Å². The van der Waals surface area contributed by atoms with E-state index < -0.39 is 5.91 Å². The number of amides is 1. The lowest BCUT2D eigenvalue weighted by molar-refractivity contribution is 0.1000. The van der Waals surface area contributed by atoms with Crippen molar-refractivity contribution in [3.63, 3.8) is 0 Å². The van der Waals surface area contributed by atoms with E-state index in [1.54, 1.807) is 36.4 Å². The van der Waals surface area contributed by atoms with Crippen LogP contribution in [0.5, 0.6) is 5.75 Å². The van der Waals surface area contributed by atoms with Crippen molar-refractivity contribution in [3.05, 3.63) is 58.1 Å². The zero-order valence-electron chi connectivity index (χ0n) is 10.1. The fourth-order valence-corrected chi connectivity index (χ4v) is 2.09. The SMILES string of the molecule is NC(=O)c1ccc(COc2cc(N)cc(Br)c2)cc1. The molecule has 0 aliphatic heterocycles. The molecule has 2 rings (SSSR count). The molecule has 0 unspecified atom stereocenters. The Labute approximate surface area is 119 Å². The molecule has 0 saturated carbocycles. The molecule has 4 nitrogen and oxygen atoms in total. The van der Waals surface area contributed by atoms with Gasteiger partial charge in [0.15, 0.2) is 0 Å². The zero-order chi connectivity index (χ0) is 13.8. The van der Waals surface area contributed by atoms with E-state index in [1.165, 1.54) is 0 Å². The molecule has 0 radical (unpaired) electrons. The highest BCUT2D eigenvalue weighted by Crippen LogP contribution is 2.23. The van der Waals surface area contributed by atoms with Crippen LogP contribution in [0.25, 0.3) is 0 Å². The Bertz CT molecular complexity index is 577. The van der Waals surface area contributed by atoms with Gasteiger partial charge in [0.05, 0.1) is 0 Å². The number of hydrogen-bond donors (Lipinski definition) is 2. The number of carbonyl (C=O) groups is 1. The maximum absolute atomic E-state index is 10.9. The van der Waals surface area contributed by atoms with Crippen molar-refractivity contribution in [3.8, 4) is 5.75 Å². The standard InChI is InChI=1S/C14H13BrN2O2/c15-11-5-12(16)7-13(6-11)19-8-9-1-3-10(4-2-9)14(17)18/h1-7H,8,16H2,(H2,17,18). The van der Waals surface area contributed by atoms with Crippen molar-refractivity contribution in [2.75, 3.05) is 5.73 Å². The highest BCUT2D eigenvalue weighted by atomic mass is 79.9. The molecule has 0 aliphatic carbocycles. The van der Waals surface area contributed by atoms with Crippen LogP contribution in [-0.4, -0.2) is 5.91 Å². The number of hydrogen-bond acceptors (Lipinski definition) is 3. The first-order chi connectivity index (χ1) is 9.04. The fourth-order valence-electron chi connectivity index (χ4n) is 1.60. The van der Waals surface area contributed by atoms with Crippen molar-refractivity contribution in [2.24, 2.45) is 5.73 Å². The van der Waals surface area contributed by atoms with Gasteiger partial charge in [0.1, 0.15) is 12.4 Å². The Kier molecular flexibility index (Phi) is 4.06. The summed E-state index contributed by atoms with van der Waals surface area (Å²) in [5, 5.41) is 0. The van der Waals surface area contributed by atoms with Crippen LogP contribution in [0.1, 0.15) is 15.9 Å². The molecule has 0 heterocycles. The van der Waals surface area contributed by atoms with Gasteiger partial charge in [-0.3, -0.25) is 4.79 Å². The van der Waals surface area contributed by atoms with Crippen LogP contribution < -0.4 is 16.2 Å². The molecule has 0 aliphatic rings. The normalized spacial score (nSPS) is 10.2. The van der Waals surface area contributed by atoms with Crippen molar-refractivity contribution < 1.29 is 9.53 Å². The summed E-state index contributed by atoms with van der Waals surface area (Å²) in [4.78, 5) is 10.9. The minimum Gasteiger partial charge on any atom is -0.489 e. The van der Waals surface area contributed by atoms with Gasteiger partial charge in [0, 0.05) is 21.8 Å². The van der Waals surface area contributed by atoms with Gasteiger partial charge in [-0.1, -0.05) is 28.1 Å². The molecule has 0 saturated heterocycles. The molecule has 0 atom stereocenters. The number of carbonyl (C=O) groups excluding carboxylic acids is 1. The third kappa shape index (κ3) is 3.72. The Balaban J connectivity index is 2.03. The lowest BCUT2D eigenvalue weighted by atomic mass is 10.1. The average molecular weight is 321 g/mol.